The van der Waals surface area contributed by atoms with Crippen LogP contribution in [-0.4, -0.2) is 9.97 Å². The number of aromatic nitrogens is 2. The van der Waals surface area contributed by atoms with Gasteiger partial charge in [0.2, 0.25) is 0 Å². The highest BCUT2D eigenvalue weighted by Gasteiger charge is 1.89. The van der Waals surface area contributed by atoms with Gasteiger partial charge < -0.3 is 0 Å². The van der Waals surface area contributed by atoms with Crippen molar-refractivity contribution in [3.63, 3.8) is 0 Å². The Morgan fingerprint density at radius 2 is 1.73 bits per heavy atom. The van der Waals surface area contributed by atoms with Crippen LogP contribution in [0.15, 0.2) is 23.8 Å². The smallest absolute Gasteiger partial charge is 0.144 e. The topological polar surface area (TPSA) is 25.8 Å². The van der Waals surface area contributed by atoms with E-state index in [1.165, 1.54) is 0 Å². The Balaban J connectivity index is 0.000000151. The van der Waals surface area contributed by atoms with Crippen LogP contribution in [-0.2, 0) is 0 Å². The van der Waals surface area contributed by atoms with Crippen LogP contribution in [0, 0.1) is 25.5 Å². The Hall–Kier alpha value is -1.36. The third-order valence-electron chi connectivity index (χ3n) is 1.41. The minimum Gasteiger partial charge on any atom is -0.259 e. The summed E-state index contributed by atoms with van der Waals surface area (Å²) in [7, 11) is 0. The molecule has 0 unspecified atom stereocenters. The van der Waals surface area contributed by atoms with E-state index in [4.69, 9.17) is 0 Å². The molecule has 0 atom stereocenters. The van der Waals surface area contributed by atoms with Crippen LogP contribution in [0.4, 0.5) is 8.78 Å². The largest absolute Gasteiger partial charge is 0.259 e. The summed E-state index contributed by atoms with van der Waals surface area (Å²) < 4.78 is 23.7. The van der Waals surface area contributed by atoms with Gasteiger partial charge in [-0.2, -0.15) is 0 Å². The van der Waals surface area contributed by atoms with E-state index in [9.17, 15) is 8.78 Å². The molecule has 0 N–H and O–H groups in total. The molecule has 0 saturated carbocycles. The lowest BCUT2D eigenvalue weighted by atomic mass is 10.5. The van der Waals surface area contributed by atoms with Crippen molar-refractivity contribution in [2.75, 3.05) is 0 Å². The Labute approximate surface area is 90.6 Å². The first-order valence-corrected chi connectivity index (χ1v) is 5.10. The summed E-state index contributed by atoms with van der Waals surface area (Å²) in [6.45, 7) is 4.02. The highest BCUT2D eigenvalue weighted by atomic mass is 32.1. The number of aryl methyl sites for hydroxylation is 2. The summed E-state index contributed by atoms with van der Waals surface area (Å²) >= 11 is 1.69. The highest BCUT2D eigenvalue weighted by molar-refractivity contribution is 7.09. The number of hydrogen-bond acceptors (Lipinski definition) is 3. The van der Waals surface area contributed by atoms with E-state index in [1.54, 1.807) is 11.3 Å². The van der Waals surface area contributed by atoms with Gasteiger partial charge in [-0.05, 0) is 13.8 Å². The van der Waals surface area contributed by atoms with Gasteiger partial charge >= 0.3 is 0 Å². The number of halogens is 2. The van der Waals surface area contributed by atoms with Crippen LogP contribution in [0.1, 0.15) is 10.7 Å². The number of hydrogen-bond donors (Lipinski definition) is 0. The molecule has 0 fully saturated rings. The molecule has 0 aliphatic heterocycles. The van der Waals surface area contributed by atoms with Crippen molar-refractivity contribution in [2.45, 2.75) is 13.8 Å². The van der Waals surface area contributed by atoms with Gasteiger partial charge in [0.15, 0.2) is 0 Å². The van der Waals surface area contributed by atoms with Crippen molar-refractivity contribution < 1.29 is 8.78 Å². The maximum Gasteiger partial charge on any atom is 0.144 e. The summed E-state index contributed by atoms with van der Waals surface area (Å²) in [6, 6.07) is 0.771. The van der Waals surface area contributed by atoms with Crippen LogP contribution in [0.3, 0.4) is 0 Å². The molecule has 0 aromatic carbocycles. The number of pyridine rings is 1. The van der Waals surface area contributed by atoms with E-state index in [0.29, 0.717) is 0 Å². The number of thiazole rings is 1. The molecule has 0 aliphatic carbocycles. The van der Waals surface area contributed by atoms with E-state index in [1.807, 2.05) is 13.8 Å². The highest BCUT2D eigenvalue weighted by Crippen LogP contribution is 2.04. The average molecular weight is 228 g/mol. The van der Waals surface area contributed by atoms with E-state index in [2.05, 4.69) is 15.3 Å². The zero-order valence-corrected chi connectivity index (χ0v) is 9.18. The first kappa shape index (κ1) is 11.7. The fourth-order valence-corrected chi connectivity index (χ4v) is 1.45. The van der Waals surface area contributed by atoms with Crippen molar-refractivity contribution in [3.8, 4) is 0 Å². The maximum atomic E-state index is 11.9. The van der Waals surface area contributed by atoms with Crippen LogP contribution in [0.25, 0.3) is 0 Å². The molecule has 2 aromatic rings. The molecule has 2 rings (SSSR count). The summed E-state index contributed by atoms with van der Waals surface area (Å²) in [5.41, 5.74) is 1.13. The third kappa shape index (κ3) is 4.60. The minimum absolute atomic E-state index is 0.648. The molecule has 2 aromatic heterocycles. The molecule has 0 bridgehead atoms. The normalized spacial score (nSPS) is 9.33. The van der Waals surface area contributed by atoms with Crippen LogP contribution in [0.5, 0.6) is 0 Å². The van der Waals surface area contributed by atoms with E-state index >= 15 is 0 Å². The van der Waals surface area contributed by atoms with Crippen LogP contribution < -0.4 is 0 Å². The van der Waals surface area contributed by atoms with E-state index in [-0.39, 0.29) is 0 Å². The molecule has 0 aliphatic rings. The molecule has 2 heterocycles. The predicted molar refractivity (Wildman–Crippen MR) is 55.7 cm³/mol. The maximum absolute atomic E-state index is 11.9. The van der Waals surface area contributed by atoms with E-state index in [0.717, 1.165) is 29.2 Å². The number of nitrogens with zero attached hydrogens (tertiary/aromatic N) is 2. The second-order valence-electron chi connectivity index (χ2n) is 2.83. The van der Waals surface area contributed by atoms with Gasteiger partial charge in [0.05, 0.1) is 17.4 Å². The average Bonchev–Trinajstić information content (AvgIpc) is 2.50. The molecular weight excluding hydrogens is 218 g/mol. The van der Waals surface area contributed by atoms with Gasteiger partial charge in [0.25, 0.3) is 0 Å². The molecule has 0 saturated heterocycles. The molecule has 0 spiro atoms. The quantitative estimate of drug-likeness (QED) is 0.692. The Morgan fingerprint density at radius 3 is 1.93 bits per heavy atom. The van der Waals surface area contributed by atoms with Crippen molar-refractivity contribution in [1.82, 2.24) is 9.97 Å². The molecule has 15 heavy (non-hydrogen) atoms. The fraction of sp³-hybridized carbons (Fsp3) is 0.200. The second kappa shape index (κ2) is 5.50. The summed E-state index contributed by atoms with van der Waals surface area (Å²) in [5.74, 6) is -1.30. The Kier molecular flexibility index (Phi) is 4.30. The number of rotatable bonds is 0. The van der Waals surface area contributed by atoms with Gasteiger partial charge in [-0.15, -0.1) is 11.3 Å². The van der Waals surface area contributed by atoms with Crippen LogP contribution in [0.2, 0.25) is 0 Å². The standard InChI is InChI=1S/C5H3F2N.C5H7NS/c6-4-1-5(7)3-8-2-4;1-4-3-7-5(2)6-4/h1-3H;3H,1-2H3. The first-order chi connectivity index (χ1) is 7.08. The second-order valence-corrected chi connectivity index (χ2v) is 3.89. The molecule has 0 amide bonds. The lowest BCUT2D eigenvalue weighted by Crippen LogP contribution is -1.78. The Morgan fingerprint density at radius 1 is 1.13 bits per heavy atom. The van der Waals surface area contributed by atoms with Gasteiger partial charge in [0, 0.05) is 17.1 Å². The summed E-state index contributed by atoms with van der Waals surface area (Å²) in [5, 5.41) is 3.20. The SMILES string of the molecule is Cc1csc(C)n1.Fc1cncc(F)c1. The first-order valence-electron chi connectivity index (χ1n) is 4.22. The van der Waals surface area contributed by atoms with Crippen molar-refractivity contribution in [2.24, 2.45) is 0 Å². The van der Waals surface area contributed by atoms with Gasteiger partial charge in [-0.25, -0.2) is 13.8 Å². The molecule has 80 valence electrons. The zero-order chi connectivity index (χ0) is 11.3. The van der Waals surface area contributed by atoms with Crippen LogP contribution >= 0.6 is 11.3 Å². The summed E-state index contributed by atoms with van der Waals surface area (Å²) in [4.78, 5) is 7.36. The van der Waals surface area contributed by atoms with Crippen molar-refractivity contribution in [1.29, 1.82) is 0 Å². The van der Waals surface area contributed by atoms with Gasteiger partial charge in [-0.1, -0.05) is 0 Å². The zero-order valence-electron chi connectivity index (χ0n) is 8.37. The molecule has 0 radical (unpaired) electrons. The Bertz CT molecular complexity index is 395. The minimum atomic E-state index is -0.648. The van der Waals surface area contributed by atoms with Gasteiger partial charge in [0.1, 0.15) is 11.6 Å². The summed E-state index contributed by atoms with van der Waals surface area (Å²) in [6.07, 6.45) is 1.90. The predicted octanol–water partition coefficient (Wildman–Crippen LogP) is 3.12. The fourth-order valence-electron chi connectivity index (χ4n) is 0.858. The third-order valence-corrected chi connectivity index (χ3v) is 2.30. The lowest BCUT2D eigenvalue weighted by molar-refractivity contribution is 0.573. The molecular formula is C10H10F2N2S. The van der Waals surface area contributed by atoms with Crippen molar-refractivity contribution in [3.05, 3.63) is 46.2 Å². The van der Waals surface area contributed by atoms with Gasteiger partial charge in [-0.3, -0.25) is 4.98 Å². The van der Waals surface area contributed by atoms with E-state index < -0.39 is 11.6 Å². The lowest BCUT2D eigenvalue weighted by Gasteiger charge is -1.83. The van der Waals surface area contributed by atoms with Crippen molar-refractivity contribution >= 4 is 11.3 Å². The molecule has 5 heteroatoms. The monoisotopic (exact) mass is 228 g/mol. The molecule has 2 nitrogen and oxygen atoms in total.